The van der Waals surface area contributed by atoms with Crippen molar-refractivity contribution in [2.24, 2.45) is 0 Å². The van der Waals surface area contributed by atoms with Crippen LogP contribution in [0.3, 0.4) is 0 Å². The van der Waals surface area contributed by atoms with Gasteiger partial charge in [-0.25, -0.2) is 9.97 Å². The number of H-pyrrole nitrogens is 1. The first-order chi connectivity index (χ1) is 12.8. The number of ether oxygens (including phenoxy) is 1. The number of pyridine rings is 1. The van der Waals surface area contributed by atoms with Crippen molar-refractivity contribution in [3.8, 4) is 28.3 Å². The molecule has 4 rings (SSSR count). The van der Waals surface area contributed by atoms with Gasteiger partial charge >= 0.3 is 0 Å². The van der Waals surface area contributed by atoms with Crippen molar-refractivity contribution >= 4 is 11.6 Å². The highest BCUT2D eigenvalue weighted by molar-refractivity contribution is 5.78. The number of hydrogen-bond acceptors (Lipinski definition) is 6. The van der Waals surface area contributed by atoms with E-state index in [1.54, 1.807) is 31.9 Å². The molecule has 0 saturated carbocycles. The summed E-state index contributed by atoms with van der Waals surface area (Å²) in [6.45, 7) is 0. The summed E-state index contributed by atoms with van der Waals surface area (Å²) < 4.78 is 5.17. The zero-order valence-corrected chi connectivity index (χ0v) is 14.0. The number of methoxy groups -OCH3 is 1. The zero-order valence-electron chi connectivity index (χ0n) is 14.0. The molecule has 0 spiro atoms. The standard InChI is InChI=1S/C19H16N6O/c1-26-15-6-4-14(5-7-15)23-19-21-10-8-17(24-19)16-12-22-25-18(16)13-3-2-9-20-11-13/h2-12H,1H3,(H,22,25)(H,21,23,24). The molecule has 0 aliphatic rings. The summed E-state index contributed by atoms with van der Waals surface area (Å²) in [5.41, 5.74) is 4.35. The number of rotatable bonds is 5. The van der Waals surface area contributed by atoms with E-state index in [0.29, 0.717) is 5.95 Å². The van der Waals surface area contributed by atoms with E-state index in [-0.39, 0.29) is 0 Å². The fourth-order valence-electron chi connectivity index (χ4n) is 2.58. The van der Waals surface area contributed by atoms with Gasteiger partial charge in [-0.1, -0.05) is 0 Å². The monoisotopic (exact) mass is 344 g/mol. The molecule has 0 amide bonds. The Bertz CT molecular complexity index is 998. The predicted molar refractivity (Wildman–Crippen MR) is 99.1 cm³/mol. The summed E-state index contributed by atoms with van der Waals surface area (Å²) in [5.74, 6) is 1.30. The summed E-state index contributed by atoms with van der Waals surface area (Å²) in [7, 11) is 1.64. The highest BCUT2D eigenvalue weighted by Gasteiger charge is 2.12. The Morgan fingerprint density at radius 2 is 1.88 bits per heavy atom. The Hall–Kier alpha value is -3.74. The lowest BCUT2D eigenvalue weighted by atomic mass is 10.1. The van der Waals surface area contributed by atoms with Crippen LogP contribution in [0, 0.1) is 0 Å². The van der Waals surface area contributed by atoms with Crippen molar-refractivity contribution in [1.82, 2.24) is 25.1 Å². The van der Waals surface area contributed by atoms with Gasteiger partial charge in [0.2, 0.25) is 5.95 Å². The number of hydrogen-bond donors (Lipinski definition) is 2. The Balaban J connectivity index is 1.63. The van der Waals surface area contributed by atoms with E-state index in [4.69, 9.17) is 4.74 Å². The molecule has 4 aromatic rings. The minimum absolute atomic E-state index is 0.506. The third-order valence-electron chi connectivity index (χ3n) is 3.87. The van der Waals surface area contributed by atoms with Crippen LogP contribution >= 0.6 is 0 Å². The molecule has 0 aliphatic heterocycles. The third kappa shape index (κ3) is 3.23. The summed E-state index contributed by atoms with van der Waals surface area (Å²) in [4.78, 5) is 13.1. The second-order valence-electron chi connectivity index (χ2n) is 5.52. The minimum atomic E-state index is 0.506. The van der Waals surface area contributed by atoms with Gasteiger partial charge in [0.1, 0.15) is 5.75 Å². The molecule has 7 nitrogen and oxygen atoms in total. The molecule has 3 aromatic heterocycles. The highest BCUT2D eigenvalue weighted by Crippen LogP contribution is 2.29. The van der Waals surface area contributed by atoms with Crippen molar-refractivity contribution in [3.05, 3.63) is 67.3 Å². The molecule has 0 aliphatic carbocycles. The molecule has 0 fully saturated rings. The molecule has 0 radical (unpaired) electrons. The van der Waals surface area contributed by atoms with Crippen LogP contribution in [0.25, 0.3) is 22.5 Å². The first kappa shape index (κ1) is 15.8. The normalized spacial score (nSPS) is 10.5. The second-order valence-corrected chi connectivity index (χ2v) is 5.52. The van der Waals surface area contributed by atoms with Gasteiger partial charge < -0.3 is 10.1 Å². The van der Waals surface area contributed by atoms with Crippen LogP contribution in [-0.2, 0) is 0 Å². The number of aromatic amines is 1. The summed E-state index contributed by atoms with van der Waals surface area (Å²) in [5, 5.41) is 10.4. The minimum Gasteiger partial charge on any atom is -0.497 e. The van der Waals surface area contributed by atoms with Gasteiger partial charge in [-0.2, -0.15) is 5.10 Å². The highest BCUT2D eigenvalue weighted by atomic mass is 16.5. The van der Waals surface area contributed by atoms with Crippen molar-refractivity contribution in [1.29, 1.82) is 0 Å². The Labute approximate surface area is 150 Å². The van der Waals surface area contributed by atoms with Crippen LogP contribution in [0.1, 0.15) is 0 Å². The maximum atomic E-state index is 5.17. The SMILES string of the molecule is COc1ccc(Nc2nccc(-c3cn[nH]c3-c3cccnc3)n2)cc1. The first-order valence-corrected chi connectivity index (χ1v) is 8.02. The maximum absolute atomic E-state index is 5.17. The molecule has 0 atom stereocenters. The molecule has 128 valence electrons. The Morgan fingerprint density at radius 3 is 2.65 bits per heavy atom. The number of anilines is 2. The molecule has 0 unspecified atom stereocenters. The fourth-order valence-corrected chi connectivity index (χ4v) is 2.58. The zero-order chi connectivity index (χ0) is 17.8. The van der Waals surface area contributed by atoms with Crippen LogP contribution < -0.4 is 10.1 Å². The molecular formula is C19H16N6O. The lowest BCUT2D eigenvalue weighted by Gasteiger charge is -2.08. The van der Waals surface area contributed by atoms with Gasteiger partial charge in [0.05, 0.1) is 24.7 Å². The third-order valence-corrected chi connectivity index (χ3v) is 3.87. The number of aromatic nitrogens is 5. The van der Waals surface area contributed by atoms with Crippen LogP contribution in [0.15, 0.2) is 67.3 Å². The van der Waals surface area contributed by atoms with Crippen LogP contribution in [0.4, 0.5) is 11.6 Å². The van der Waals surface area contributed by atoms with E-state index >= 15 is 0 Å². The van der Waals surface area contributed by atoms with Crippen molar-refractivity contribution < 1.29 is 4.74 Å². The average molecular weight is 344 g/mol. The second kappa shape index (κ2) is 7.02. The van der Waals surface area contributed by atoms with Gasteiger partial charge in [0, 0.05) is 35.4 Å². The van der Waals surface area contributed by atoms with Crippen LogP contribution in [0.5, 0.6) is 5.75 Å². The summed E-state index contributed by atoms with van der Waals surface area (Å²) >= 11 is 0. The van der Waals surface area contributed by atoms with Crippen LogP contribution in [0.2, 0.25) is 0 Å². The van der Waals surface area contributed by atoms with Crippen LogP contribution in [-0.4, -0.2) is 32.3 Å². The molecule has 1 aromatic carbocycles. The molecule has 7 heteroatoms. The van der Waals surface area contributed by atoms with E-state index < -0.39 is 0 Å². The summed E-state index contributed by atoms with van der Waals surface area (Å²) in [6.07, 6.45) is 6.99. The number of benzene rings is 1. The molecule has 2 N–H and O–H groups in total. The van der Waals surface area contributed by atoms with Gasteiger partial charge in [-0.3, -0.25) is 10.1 Å². The molecule has 0 bridgehead atoms. The van der Waals surface area contributed by atoms with E-state index in [1.165, 1.54) is 0 Å². The van der Waals surface area contributed by atoms with Gasteiger partial charge in [0.25, 0.3) is 0 Å². The lowest BCUT2D eigenvalue weighted by Crippen LogP contribution is -1.98. The molecular weight excluding hydrogens is 328 g/mol. The number of nitrogens with one attached hydrogen (secondary N) is 2. The van der Waals surface area contributed by atoms with E-state index in [9.17, 15) is 0 Å². The van der Waals surface area contributed by atoms with Gasteiger partial charge in [-0.15, -0.1) is 0 Å². The Kier molecular flexibility index (Phi) is 4.26. The molecule has 26 heavy (non-hydrogen) atoms. The smallest absolute Gasteiger partial charge is 0.227 e. The summed E-state index contributed by atoms with van der Waals surface area (Å²) in [6, 6.07) is 13.3. The van der Waals surface area contributed by atoms with Crippen molar-refractivity contribution in [2.45, 2.75) is 0 Å². The van der Waals surface area contributed by atoms with Gasteiger partial charge in [-0.05, 0) is 42.5 Å². The molecule has 3 heterocycles. The maximum Gasteiger partial charge on any atom is 0.227 e. The van der Waals surface area contributed by atoms with E-state index in [1.807, 2.05) is 42.5 Å². The topological polar surface area (TPSA) is 88.6 Å². The van der Waals surface area contributed by atoms with E-state index in [0.717, 1.165) is 34.0 Å². The largest absolute Gasteiger partial charge is 0.497 e. The van der Waals surface area contributed by atoms with Crippen molar-refractivity contribution in [3.63, 3.8) is 0 Å². The first-order valence-electron chi connectivity index (χ1n) is 8.02. The Morgan fingerprint density at radius 1 is 1.00 bits per heavy atom. The molecule has 0 saturated heterocycles. The quantitative estimate of drug-likeness (QED) is 0.574. The average Bonchev–Trinajstić information content (AvgIpc) is 3.19. The lowest BCUT2D eigenvalue weighted by molar-refractivity contribution is 0.415. The van der Waals surface area contributed by atoms with Crippen molar-refractivity contribution in [2.75, 3.05) is 12.4 Å². The van der Waals surface area contributed by atoms with Gasteiger partial charge in [0.15, 0.2) is 0 Å². The fraction of sp³-hybridized carbons (Fsp3) is 0.0526. The van der Waals surface area contributed by atoms with E-state index in [2.05, 4.69) is 30.5 Å². The predicted octanol–water partition coefficient (Wildman–Crippen LogP) is 3.68. The number of nitrogens with zero attached hydrogens (tertiary/aromatic N) is 4.